The molecule has 116 valence electrons. The molecular weight excluding hydrogens is 284 g/mol. The molecule has 0 aromatic heterocycles. The van der Waals surface area contributed by atoms with Crippen LogP contribution in [0.15, 0.2) is 18.2 Å². The minimum atomic E-state index is -0.425. The monoisotopic (exact) mass is 308 g/mol. The summed E-state index contributed by atoms with van der Waals surface area (Å²) < 4.78 is 0. The van der Waals surface area contributed by atoms with Crippen molar-refractivity contribution in [3.05, 3.63) is 28.8 Å². The van der Waals surface area contributed by atoms with Crippen molar-refractivity contribution in [2.45, 2.75) is 52.5 Å². The van der Waals surface area contributed by atoms with Crippen molar-refractivity contribution in [2.75, 3.05) is 5.32 Å². The van der Waals surface area contributed by atoms with E-state index >= 15 is 0 Å². The molecule has 0 heterocycles. The van der Waals surface area contributed by atoms with Crippen molar-refractivity contribution in [3.63, 3.8) is 0 Å². The zero-order valence-electron chi connectivity index (χ0n) is 13.1. The second kappa shape index (κ2) is 6.27. The van der Waals surface area contributed by atoms with E-state index in [0.717, 1.165) is 12.1 Å². The molecule has 0 aliphatic heterocycles. The number of amides is 1. The number of rotatable bonds is 3. The minimum absolute atomic E-state index is 0.256. The van der Waals surface area contributed by atoms with Crippen LogP contribution in [0.2, 0.25) is 5.02 Å². The van der Waals surface area contributed by atoms with Gasteiger partial charge in [-0.25, -0.2) is 0 Å². The Bertz CT molecular complexity index is 522. The predicted octanol–water partition coefficient (Wildman–Crippen LogP) is 4.46. The molecular formula is C17H25ClN2O. The average Bonchev–Trinajstić information content (AvgIpc) is 2.40. The zero-order valence-corrected chi connectivity index (χ0v) is 13.8. The lowest BCUT2D eigenvalue weighted by Crippen LogP contribution is -2.39. The summed E-state index contributed by atoms with van der Waals surface area (Å²) in [5.74, 6) is 0.172. The van der Waals surface area contributed by atoms with E-state index in [2.05, 4.69) is 26.1 Å². The lowest BCUT2D eigenvalue weighted by atomic mass is 9.69. The first-order valence-corrected chi connectivity index (χ1v) is 8.02. The van der Waals surface area contributed by atoms with Crippen molar-refractivity contribution in [1.29, 1.82) is 0 Å². The first-order valence-electron chi connectivity index (χ1n) is 7.65. The van der Waals surface area contributed by atoms with Crippen molar-refractivity contribution in [2.24, 2.45) is 17.1 Å². The molecule has 0 saturated heterocycles. The summed E-state index contributed by atoms with van der Waals surface area (Å²) in [6, 6.07) is 5.55. The first-order chi connectivity index (χ1) is 9.79. The van der Waals surface area contributed by atoms with Crippen molar-refractivity contribution in [1.82, 2.24) is 0 Å². The van der Waals surface area contributed by atoms with Gasteiger partial charge in [0.1, 0.15) is 0 Å². The smallest absolute Gasteiger partial charge is 0.248 e. The van der Waals surface area contributed by atoms with E-state index in [9.17, 15) is 4.79 Å². The van der Waals surface area contributed by atoms with Gasteiger partial charge >= 0.3 is 0 Å². The number of hydrogen-bond donors (Lipinski definition) is 2. The number of nitrogens with two attached hydrogens (primary N) is 1. The number of carbonyl (C=O) groups is 1. The molecule has 1 aliphatic carbocycles. The van der Waals surface area contributed by atoms with Crippen LogP contribution >= 0.6 is 11.6 Å². The van der Waals surface area contributed by atoms with E-state index in [1.165, 1.54) is 19.3 Å². The number of primary amides is 1. The van der Waals surface area contributed by atoms with E-state index in [4.69, 9.17) is 17.3 Å². The maximum Gasteiger partial charge on any atom is 0.248 e. The van der Waals surface area contributed by atoms with Crippen molar-refractivity contribution >= 4 is 23.2 Å². The van der Waals surface area contributed by atoms with Crippen molar-refractivity contribution in [3.8, 4) is 0 Å². The quantitative estimate of drug-likeness (QED) is 0.866. The van der Waals surface area contributed by atoms with Gasteiger partial charge in [-0.2, -0.15) is 0 Å². The maximum atomic E-state index is 11.3. The predicted molar refractivity (Wildman–Crippen MR) is 88.8 cm³/mol. The molecule has 0 bridgehead atoms. The third-order valence-corrected chi connectivity index (χ3v) is 4.80. The van der Waals surface area contributed by atoms with Gasteiger partial charge in [-0.3, -0.25) is 4.79 Å². The van der Waals surface area contributed by atoms with Gasteiger partial charge in [0.05, 0.1) is 10.7 Å². The number of halogens is 1. The lowest BCUT2D eigenvalue weighted by Gasteiger charge is -2.41. The molecule has 2 rings (SSSR count). The molecule has 1 aromatic rings. The Labute approximate surface area is 132 Å². The Hall–Kier alpha value is -1.22. The van der Waals surface area contributed by atoms with Crippen LogP contribution in [-0.4, -0.2) is 11.9 Å². The van der Waals surface area contributed by atoms with E-state index < -0.39 is 5.91 Å². The fourth-order valence-electron chi connectivity index (χ4n) is 3.33. The topological polar surface area (TPSA) is 55.1 Å². The molecule has 2 atom stereocenters. The van der Waals surface area contributed by atoms with Crippen LogP contribution in [0.25, 0.3) is 0 Å². The van der Waals surface area contributed by atoms with E-state index in [0.29, 0.717) is 22.5 Å². The fraction of sp³-hybridized carbons (Fsp3) is 0.588. The number of hydrogen-bond acceptors (Lipinski definition) is 2. The van der Waals surface area contributed by atoms with Gasteiger partial charge in [0.25, 0.3) is 0 Å². The van der Waals surface area contributed by atoms with Gasteiger partial charge < -0.3 is 11.1 Å². The van der Waals surface area contributed by atoms with Crippen LogP contribution in [0, 0.1) is 11.3 Å². The second-order valence-corrected chi connectivity index (χ2v) is 7.47. The summed E-state index contributed by atoms with van der Waals surface area (Å²) in [5, 5.41) is 4.20. The largest absolute Gasteiger partial charge is 0.381 e. The normalized spacial score (nSPS) is 22.9. The van der Waals surface area contributed by atoms with Gasteiger partial charge in [-0.05, 0) is 42.4 Å². The van der Waals surface area contributed by atoms with Gasteiger partial charge in [0.2, 0.25) is 5.91 Å². The number of carbonyl (C=O) groups excluding carboxylic acids is 1. The highest BCUT2D eigenvalue weighted by Crippen LogP contribution is 2.40. The molecule has 1 amide bonds. The van der Waals surface area contributed by atoms with Crippen LogP contribution in [0.4, 0.5) is 5.69 Å². The van der Waals surface area contributed by atoms with Gasteiger partial charge in [0.15, 0.2) is 0 Å². The SMILES string of the molecule is CC(C)(C)C1CCCCC1Nc1cc(C(N)=O)ccc1Cl. The third kappa shape index (κ3) is 3.91. The Kier molecular flexibility index (Phi) is 4.82. The Balaban J connectivity index is 2.23. The lowest BCUT2D eigenvalue weighted by molar-refractivity contribution is 0.1000. The Morgan fingerprint density at radius 2 is 1.95 bits per heavy atom. The third-order valence-electron chi connectivity index (χ3n) is 4.47. The summed E-state index contributed by atoms with van der Waals surface area (Å²) in [5.41, 5.74) is 6.91. The van der Waals surface area contributed by atoms with Crippen LogP contribution in [0.1, 0.15) is 56.8 Å². The highest BCUT2D eigenvalue weighted by Gasteiger charge is 2.34. The summed E-state index contributed by atoms with van der Waals surface area (Å²) in [6.45, 7) is 6.87. The number of nitrogens with one attached hydrogen (secondary N) is 1. The van der Waals surface area contributed by atoms with E-state index in [1.54, 1.807) is 18.2 Å². The van der Waals surface area contributed by atoms with E-state index in [-0.39, 0.29) is 5.41 Å². The Morgan fingerprint density at radius 1 is 1.29 bits per heavy atom. The van der Waals surface area contributed by atoms with Gasteiger partial charge in [-0.1, -0.05) is 45.2 Å². The van der Waals surface area contributed by atoms with Crippen LogP contribution in [-0.2, 0) is 0 Å². The fourth-order valence-corrected chi connectivity index (χ4v) is 3.50. The molecule has 4 heteroatoms. The number of benzene rings is 1. The summed E-state index contributed by atoms with van der Waals surface area (Å²) >= 11 is 6.27. The number of anilines is 1. The minimum Gasteiger partial charge on any atom is -0.381 e. The molecule has 1 aromatic carbocycles. The average molecular weight is 309 g/mol. The van der Waals surface area contributed by atoms with Crippen molar-refractivity contribution < 1.29 is 4.79 Å². The molecule has 2 unspecified atom stereocenters. The molecule has 0 spiro atoms. The van der Waals surface area contributed by atoms with Crippen LogP contribution < -0.4 is 11.1 Å². The first kappa shape index (κ1) is 16.2. The van der Waals surface area contributed by atoms with Crippen LogP contribution in [0.3, 0.4) is 0 Å². The summed E-state index contributed by atoms with van der Waals surface area (Å²) in [6.07, 6.45) is 4.89. The molecule has 0 radical (unpaired) electrons. The zero-order chi connectivity index (χ0) is 15.6. The maximum absolute atomic E-state index is 11.3. The highest BCUT2D eigenvalue weighted by molar-refractivity contribution is 6.33. The second-order valence-electron chi connectivity index (χ2n) is 7.07. The molecule has 3 nitrogen and oxygen atoms in total. The van der Waals surface area contributed by atoms with Gasteiger partial charge in [-0.15, -0.1) is 0 Å². The van der Waals surface area contributed by atoms with Gasteiger partial charge in [0, 0.05) is 11.6 Å². The van der Waals surface area contributed by atoms with Crippen LogP contribution in [0.5, 0.6) is 0 Å². The standard InChI is InChI=1S/C17H25ClN2O/c1-17(2,3)12-6-4-5-7-14(12)20-15-10-11(16(19)21)8-9-13(15)18/h8-10,12,14,20H,4-7H2,1-3H3,(H2,19,21). The summed E-state index contributed by atoms with van der Waals surface area (Å²) in [7, 11) is 0. The molecule has 1 fully saturated rings. The molecule has 3 N–H and O–H groups in total. The molecule has 1 aliphatic rings. The molecule has 1 saturated carbocycles. The van der Waals surface area contributed by atoms with E-state index in [1.807, 2.05) is 0 Å². The Morgan fingerprint density at radius 3 is 2.57 bits per heavy atom. The summed E-state index contributed by atoms with van der Waals surface area (Å²) in [4.78, 5) is 11.3. The highest BCUT2D eigenvalue weighted by atomic mass is 35.5. The molecule has 21 heavy (non-hydrogen) atoms.